The van der Waals surface area contributed by atoms with Crippen LogP contribution in [0.15, 0.2) is 0 Å². The first-order valence-corrected chi connectivity index (χ1v) is 4.10. The summed E-state index contributed by atoms with van der Waals surface area (Å²) in [6.07, 6.45) is 1.97. The number of nitrogens with zero attached hydrogens (tertiary/aromatic N) is 1. The van der Waals surface area contributed by atoms with Gasteiger partial charge in [-0.15, -0.1) is 0 Å². The predicted molar refractivity (Wildman–Crippen MR) is 45.5 cm³/mol. The van der Waals surface area contributed by atoms with Crippen LogP contribution in [-0.2, 0) is 0 Å². The van der Waals surface area contributed by atoms with Gasteiger partial charge in [0.15, 0.2) is 0 Å². The maximum Gasteiger partial charge on any atom is 0.0553 e. The molecule has 0 aliphatic heterocycles. The minimum Gasteiger partial charge on any atom is -0.396 e. The van der Waals surface area contributed by atoms with Gasteiger partial charge in [-0.2, -0.15) is 0 Å². The first-order chi connectivity index (χ1) is 5.16. The fourth-order valence-electron chi connectivity index (χ4n) is 0.878. The van der Waals surface area contributed by atoms with E-state index >= 15 is 0 Å². The molecule has 11 heavy (non-hydrogen) atoms. The molecule has 0 spiro atoms. The van der Waals surface area contributed by atoms with Crippen LogP contribution < -0.4 is 0 Å². The average molecular weight is 161 g/mol. The van der Waals surface area contributed by atoms with Gasteiger partial charge in [0.1, 0.15) is 0 Å². The molecule has 0 saturated heterocycles. The lowest BCUT2D eigenvalue weighted by atomic mass is 10.1. The van der Waals surface area contributed by atoms with Crippen molar-refractivity contribution < 1.29 is 10.2 Å². The second kappa shape index (κ2) is 6.58. The zero-order valence-corrected chi connectivity index (χ0v) is 7.45. The maximum atomic E-state index is 9.29. The Morgan fingerprint density at radius 2 is 1.91 bits per heavy atom. The summed E-state index contributed by atoms with van der Waals surface area (Å²) in [6.45, 7) is 1.09. The summed E-state index contributed by atoms with van der Waals surface area (Å²) in [5.74, 6) is 0. The van der Waals surface area contributed by atoms with Crippen molar-refractivity contribution in [1.29, 1.82) is 0 Å². The molecule has 1 atom stereocenters. The molecule has 0 aromatic rings. The minimum absolute atomic E-state index is 0.180. The highest BCUT2D eigenvalue weighted by molar-refractivity contribution is 4.57. The summed E-state index contributed by atoms with van der Waals surface area (Å²) in [4.78, 5) is 2.04. The first kappa shape index (κ1) is 10.9. The second-order valence-corrected chi connectivity index (χ2v) is 3.11. The van der Waals surface area contributed by atoms with Gasteiger partial charge in [0.25, 0.3) is 0 Å². The van der Waals surface area contributed by atoms with Gasteiger partial charge >= 0.3 is 0 Å². The van der Waals surface area contributed by atoms with E-state index in [0.717, 1.165) is 13.0 Å². The third kappa shape index (κ3) is 7.78. The zero-order valence-electron chi connectivity index (χ0n) is 7.45. The lowest BCUT2D eigenvalue weighted by molar-refractivity contribution is 0.131. The maximum absolute atomic E-state index is 9.29. The number of hydrogen-bond acceptors (Lipinski definition) is 3. The second-order valence-electron chi connectivity index (χ2n) is 3.11. The molecule has 68 valence electrons. The Morgan fingerprint density at radius 1 is 1.27 bits per heavy atom. The summed E-state index contributed by atoms with van der Waals surface area (Å²) < 4.78 is 0. The molecule has 3 nitrogen and oxygen atoms in total. The van der Waals surface area contributed by atoms with E-state index in [0.29, 0.717) is 12.8 Å². The van der Waals surface area contributed by atoms with Crippen molar-refractivity contribution in [3.63, 3.8) is 0 Å². The standard InChI is InChI=1S/C8H19NO2/c1-9(2)6-5-8(11)4-3-7-10/h8,10-11H,3-7H2,1-2H3. The molecular formula is C8H19NO2. The Hall–Kier alpha value is -0.120. The van der Waals surface area contributed by atoms with Gasteiger partial charge in [-0.1, -0.05) is 0 Å². The SMILES string of the molecule is CN(C)CCC(O)CCCO. The molecule has 0 radical (unpaired) electrons. The molecule has 0 rings (SSSR count). The highest BCUT2D eigenvalue weighted by atomic mass is 16.3. The quantitative estimate of drug-likeness (QED) is 0.579. The molecule has 3 heteroatoms. The lowest BCUT2D eigenvalue weighted by Gasteiger charge is -2.13. The van der Waals surface area contributed by atoms with Gasteiger partial charge in [-0.05, 0) is 39.9 Å². The van der Waals surface area contributed by atoms with Crippen molar-refractivity contribution in [2.45, 2.75) is 25.4 Å². The van der Waals surface area contributed by atoms with E-state index in [1.54, 1.807) is 0 Å². The Kier molecular flexibility index (Phi) is 6.51. The molecule has 2 N–H and O–H groups in total. The number of aliphatic hydroxyl groups is 2. The van der Waals surface area contributed by atoms with Crippen LogP contribution in [0.4, 0.5) is 0 Å². The van der Waals surface area contributed by atoms with E-state index in [2.05, 4.69) is 0 Å². The van der Waals surface area contributed by atoms with Gasteiger partial charge in [0.05, 0.1) is 6.10 Å². The normalized spacial score (nSPS) is 13.9. The molecule has 0 saturated carbocycles. The van der Waals surface area contributed by atoms with Crippen LogP contribution in [0.5, 0.6) is 0 Å². The third-order valence-corrected chi connectivity index (χ3v) is 1.60. The summed E-state index contributed by atoms with van der Waals surface area (Å²) >= 11 is 0. The third-order valence-electron chi connectivity index (χ3n) is 1.60. The monoisotopic (exact) mass is 161 g/mol. The van der Waals surface area contributed by atoms with E-state index < -0.39 is 0 Å². The van der Waals surface area contributed by atoms with Crippen molar-refractivity contribution >= 4 is 0 Å². The molecule has 1 unspecified atom stereocenters. The van der Waals surface area contributed by atoms with Crippen LogP contribution >= 0.6 is 0 Å². The molecule has 0 bridgehead atoms. The fourth-order valence-corrected chi connectivity index (χ4v) is 0.878. The summed E-state index contributed by atoms with van der Waals surface area (Å²) in [6, 6.07) is 0. The number of rotatable bonds is 6. The molecule has 0 aliphatic rings. The van der Waals surface area contributed by atoms with E-state index in [1.165, 1.54) is 0 Å². The van der Waals surface area contributed by atoms with Crippen molar-refractivity contribution in [2.75, 3.05) is 27.2 Å². The molecule has 0 aromatic heterocycles. The Morgan fingerprint density at radius 3 is 2.36 bits per heavy atom. The molecule has 0 fully saturated rings. The van der Waals surface area contributed by atoms with E-state index in [-0.39, 0.29) is 12.7 Å². The van der Waals surface area contributed by atoms with Gasteiger partial charge in [0.2, 0.25) is 0 Å². The summed E-state index contributed by atoms with van der Waals surface area (Å²) in [5.41, 5.74) is 0. The summed E-state index contributed by atoms with van der Waals surface area (Å²) in [7, 11) is 3.97. The van der Waals surface area contributed by atoms with Crippen LogP contribution in [0.25, 0.3) is 0 Å². The van der Waals surface area contributed by atoms with Crippen molar-refractivity contribution in [3.8, 4) is 0 Å². The molecule has 0 amide bonds. The van der Waals surface area contributed by atoms with Crippen molar-refractivity contribution in [3.05, 3.63) is 0 Å². The van der Waals surface area contributed by atoms with Crippen molar-refractivity contribution in [2.24, 2.45) is 0 Å². The van der Waals surface area contributed by atoms with Crippen LogP contribution in [-0.4, -0.2) is 48.5 Å². The molecule has 0 aromatic carbocycles. The fraction of sp³-hybridized carbons (Fsp3) is 1.00. The predicted octanol–water partition coefficient (Wildman–Crippen LogP) is 0.0715. The smallest absolute Gasteiger partial charge is 0.0553 e. The Bertz CT molecular complexity index is 86.2. The minimum atomic E-state index is -0.246. The van der Waals surface area contributed by atoms with Crippen LogP contribution in [0.1, 0.15) is 19.3 Å². The number of hydrogen-bond donors (Lipinski definition) is 2. The van der Waals surface area contributed by atoms with Crippen LogP contribution in [0, 0.1) is 0 Å². The van der Waals surface area contributed by atoms with Gasteiger partial charge in [-0.25, -0.2) is 0 Å². The van der Waals surface area contributed by atoms with Crippen LogP contribution in [0.3, 0.4) is 0 Å². The summed E-state index contributed by atoms with van der Waals surface area (Å²) in [5, 5.41) is 17.8. The molecular weight excluding hydrogens is 142 g/mol. The first-order valence-electron chi connectivity index (χ1n) is 4.10. The number of aliphatic hydroxyl groups excluding tert-OH is 2. The highest BCUT2D eigenvalue weighted by Gasteiger charge is 2.03. The van der Waals surface area contributed by atoms with Crippen molar-refractivity contribution in [1.82, 2.24) is 4.90 Å². The Labute approximate surface area is 68.6 Å². The van der Waals surface area contributed by atoms with E-state index in [1.807, 2.05) is 19.0 Å². The van der Waals surface area contributed by atoms with E-state index in [4.69, 9.17) is 5.11 Å². The largest absolute Gasteiger partial charge is 0.396 e. The van der Waals surface area contributed by atoms with Gasteiger partial charge in [-0.3, -0.25) is 0 Å². The van der Waals surface area contributed by atoms with Gasteiger partial charge < -0.3 is 15.1 Å². The topological polar surface area (TPSA) is 43.7 Å². The van der Waals surface area contributed by atoms with Gasteiger partial charge in [0, 0.05) is 6.61 Å². The highest BCUT2D eigenvalue weighted by Crippen LogP contribution is 2.01. The van der Waals surface area contributed by atoms with Crippen LogP contribution in [0.2, 0.25) is 0 Å². The average Bonchev–Trinajstić information content (AvgIpc) is 1.97. The Balaban J connectivity index is 3.15. The van der Waals surface area contributed by atoms with E-state index in [9.17, 15) is 5.11 Å². The molecule has 0 heterocycles. The lowest BCUT2D eigenvalue weighted by Crippen LogP contribution is -2.19. The zero-order chi connectivity index (χ0) is 8.69. The molecule has 0 aliphatic carbocycles.